The van der Waals surface area contributed by atoms with Gasteiger partial charge in [0.2, 0.25) is 5.91 Å². The molecular formula is C26H23N7O2. The molecule has 5 aromatic rings. The number of anilines is 1. The second-order valence-electron chi connectivity index (χ2n) is 8.39. The molecule has 0 bridgehead atoms. The number of amides is 1. The fourth-order valence-corrected chi connectivity index (χ4v) is 3.99. The Bertz CT molecular complexity index is 1520. The number of fused-ring (bicyclic) bond motifs is 1. The molecule has 0 aliphatic heterocycles. The van der Waals surface area contributed by atoms with E-state index in [2.05, 4.69) is 25.3 Å². The van der Waals surface area contributed by atoms with Gasteiger partial charge in [0.1, 0.15) is 24.3 Å². The van der Waals surface area contributed by atoms with Crippen LogP contribution in [0.3, 0.4) is 0 Å². The van der Waals surface area contributed by atoms with E-state index in [1.165, 1.54) is 18.7 Å². The van der Waals surface area contributed by atoms with Crippen molar-refractivity contribution in [3.63, 3.8) is 0 Å². The number of nitrogens with zero attached hydrogens (tertiary/aromatic N) is 6. The van der Waals surface area contributed by atoms with E-state index in [0.717, 1.165) is 5.56 Å². The first-order valence-corrected chi connectivity index (χ1v) is 11.2. The molecule has 1 N–H and O–H groups in total. The van der Waals surface area contributed by atoms with Gasteiger partial charge in [0.15, 0.2) is 5.78 Å². The van der Waals surface area contributed by atoms with E-state index in [-0.39, 0.29) is 24.3 Å². The van der Waals surface area contributed by atoms with Crippen molar-refractivity contribution < 1.29 is 9.59 Å². The summed E-state index contributed by atoms with van der Waals surface area (Å²) in [4.78, 5) is 43.1. The van der Waals surface area contributed by atoms with E-state index in [1.807, 2.05) is 48.7 Å². The van der Waals surface area contributed by atoms with E-state index >= 15 is 0 Å². The van der Waals surface area contributed by atoms with Gasteiger partial charge in [-0.05, 0) is 19.9 Å². The molecule has 35 heavy (non-hydrogen) atoms. The van der Waals surface area contributed by atoms with Crippen LogP contribution in [0.25, 0.3) is 22.4 Å². The van der Waals surface area contributed by atoms with E-state index in [9.17, 15) is 9.59 Å². The van der Waals surface area contributed by atoms with Crippen LogP contribution in [0.1, 0.15) is 35.8 Å². The number of ketones is 1. The highest BCUT2D eigenvalue weighted by Gasteiger charge is 2.20. The molecule has 0 spiro atoms. The van der Waals surface area contributed by atoms with Gasteiger partial charge in [-0.3, -0.25) is 14.6 Å². The van der Waals surface area contributed by atoms with Gasteiger partial charge in [-0.25, -0.2) is 15.0 Å². The first-order chi connectivity index (χ1) is 17.0. The van der Waals surface area contributed by atoms with Crippen LogP contribution < -0.4 is 5.32 Å². The zero-order valence-corrected chi connectivity index (χ0v) is 19.3. The van der Waals surface area contributed by atoms with Crippen LogP contribution >= 0.6 is 0 Å². The Balaban J connectivity index is 1.36. The maximum atomic E-state index is 13.4. The molecule has 9 heteroatoms. The van der Waals surface area contributed by atoms with Crippen LogP contribution in [0, 0.1) is 0 Å². The Hall–Kier alpha value is -4.66. The van der Waals surface area contributed by atoms with Crippen LogP contribution in [-0.4, -0.2) is 40.8 Å². The fourth-order valence-electron chi connectivity index (χ4n) is 3.99. The number of carbonyl (C=O) groups excluding carboxylic acids is 2. The van der Waals surface area contributed by atoms with Crippen LogP contribution in [0.15, 0.2) is 79.9 Å². The van der Waals surface area contributed by atoms with Crippen molar-refractivity contribution >= 4 is 28.4 Å². The molecule has 1 aromatic carbocycles. The Labute approximate surface area is 201 Å². The quantitative estimate of drug-likeness (QED) is 0.362. The number of benzene rings is 1. The molecule has 0 unspecified atom stereocenters. The van der Waals surface area contributed by atoms with Crippen LogP contribution in [-0.2, 0) is 11.3 Å². The summed E-state index contributed by atoms with van der Waals surface area (Å²) in [6.07, 6.45) is 11.3. The number of rotatable bonds is 7. The van der Waals surface area contributed by atoms with Gasteiger partial charge in [-0.2, -0.15) is 0 Å². The molecule has 174 valence electrons. The van der Waals surface area contributed by atoms with Gasteiger partial charge in [-0.1, -0.05) is 30.3 Å². The minimum atomic E-state index is -0.253. The van der Waals surface area contributed by atoms with Gasteiger partial charge >= 0.3 is 0 Å². The fraction of sp³-hybridized carbons (Fsp3) is 0.154. The van der Waals surface area contributed by atoms with E-state index in [4.69, 9.17) is 0 Å². The monoisotopic (exact) mass is 465 g/mol. The number of hydrogen-bond donors (Lipinski definition) is 1. The van der Waals surface area contributed by atoms with Crippen molar-refractivity contribution in [1.29, 1.82) is 0 Å². The smallest absolute Gasteiger partial charge is 0.244 e. The summed E-state index contributed by atoms with van der Waals surface area (Å²) < 4.78 is 3.71. The van der Waals surface area contributed by atoms with E-state index in [1.54, 1.807) is 35.4 Å². The van der Waals surface area contributed by atoms with Crippen molar-refractivity contribution in [2.24, 2.45) is 0 Å². The lowest BCUT2D eigenvalue weighted by atomic mass is 10.1. The number of imidazole rings is 1. The van der Waals surface area contributed by atoms with Gasteiger partial charge in [0.25, 0.3) is 0 Å². The molecule has 5 rings (SSSR count). The third kappa shape index (κ3) is 4.43. The standard InChI is InChI=1S/C26H23N7O2/c1-17(2)33-14-22(21-13-28-16-30-26(21)33)24(35)19-10-20(12-27-11-19)31-23(34)15-32-9-8-29-25(32)18-6-4-3-5-7-18/h3-14,16-17H,15H2,1-2H3,(H,31,34). The van der Waals surface area contributed by atoms with Crippen LogP contribution in [0.4, 0.5) is 5.69 Å². The van der Waals surface area contributed by atoms with Gasteiger partial charge in [-0.15, -0.1) is 0 Å². The molecule has 0 fully saturated rings. The highest BCUT2D eigenvalue weighted by atomic mass is 16.2. The minimum absolute atomic E-state index is 0.0710. The summed E-state index contributed by atoms with van der Waals surface area (Å²) in [5.74, 6) is 0.233. The number of carbonyl (C=O) groups is 2. The Morgan fingerprint density at radius 1 is 1.03 bits per heavy atom. The highest BCUT2D eigenvalue weighted by Crippen LogP contribution is 2.25. The number of pyridine rings is 1. The first-order valence-electron chi connectivity index (χ1n) is 11.2. The molecule has 4 heterocycles. The summed E-state index contributed by atoms with van der Waals surface area (Å²) >= 11 is 0. The average molecular weight is 466 g/mol. The summed E-state index contributed by atoms with van der Waals surface area (Å²) in [6, 6.07) is 11.4. The zero-order chi connectivity index (χ0) is 24.4. The maximum Gasteiger partial charge on any atom is 0.244 e. The average Bonchev–Trinajstić information content (AvgIpc) is 3.49. The normalized spacial score (nSPS) is 11.2. The van der Waals surface area contributed by atoms with Crippen molar-refractivity contribution in [2.75, 3.05) is 5.32 Å². The summed E-state index contributed by atoms with van der Waals surface area (Å²) in [6.45, 7) is 4.12. The highest BCUT2D eigenvalue weighted by molar-refractivity contribution is 6.16. The summed E-state index contributed by atoms with van der Waals surface area (Å²) in [5, 5.41) is 3.51. The minimum Gasteiger partial charge on any atom is -0.329 e. The number of nitrogens with one attached hydrogen (secondary N) is 1. The Kier molecular flexibility index (Phi) is 5.88. The lowest BCUT2D eigenvalue weighted by Gasteiger charge is -2.09. The molecule has 0 atom stereocenters. The molecule has 0 aliphatic carbocycles. The van der Waals surface area contributed by atoms with Crippen molar-refractivity contribution in [3.8, 4) is 11.4 Å². The third-order valence-corrected chi connectivity index (χ3v) is 5.64. The van der Waals surface area contributed by atoms with E-state index in [0.29, 0.717) is 33.7 Å². The lowest BCUT2D eigenvalue weighted by molar-refractivity contribution is -0.116. The number of hydrogen-bond acceptors (Lipinski definition) is 6. The molecule has 4 aromatic heterocycles. The first kappa shape index (κ1) is 22.1. The summed E-state index contributed by atoms with van der Waals surface area (Å²) in [5.41, 5.74) is 2.91. The largest absolute Gasteiger partial charge is 0.329 e. The molecule has 0 saturated carbocycles. The third-order valence-electron chi connectivity index (χ3n) is 5.64. The summed E-state index contributed by atoms with van der Waals surface area (Å²) in [7, 11) is 0. The number of aromatic nitrogens is 6. The molecule has 0 saturated heterocycles. The SMILES string of the molecule is CC(C)n1cc(C(=O)c2cncc(NC(=O)Cn3ccnc3-c3ccccc3)c2)c2cncnc21. The molecule has 9 nitrogen and oxygen atoms in total. The van der Waals surface area contributed by atoms with Crippen molar-refractivity contribution in [3.05, 3.63) is 91.0 Å². The predicted molar refractivity (Wildman–Crippen MR) is 132 cm³/mol. The van der Waals surface area contributed by atoms with E-state index < -0.39 is 0 Å². The Morgan fingerprint density at radius 3 is 2.66 bits per heavy atom. The van der Waals surface area contributed by atoms with Gasteiger partial charge < -0.3 is 14.5 Å². The predicted octanol–water partition coefficient (Wildman–Crippen LogP) is 4.14. The van der Waals surface area contributed by atoms with Gasteiger partial charge in [0.05, 0.1) is 17.4 Å². The Morgan fingerprint density at radius 2 is 1.86 bits per heavy atom. The topological polar surface area (TPSA) is 108 Å². The van der Waals surface area contributed by atoms with Crippen LogP contribution in [0.5, 0.6) is 0 Å². The maximum absolute atomic E-state index is 13.4. The molecular weight excluding hydrogens is 442 g/mol. The lowest BCUT2D eigenvalue weighted by Crippen LogP contribution is -2.19. The second kappa shape index (κ2) is 9.30. The molecule has 0 radical (unpaired) electrons. The van der Waals surface area contributed by atoms with Crippen LogP contribution in [0.2, 0.25) is 0 Å². The second-order valence-corrected chi connectivity index (χ2v) is 8.39. The zero-order valence-electron chi connectivity index (χ0n) is 19.3. The van der Waals surface area contributed by atoms with Crippen molar-refractivity contribution in [2.45, 2.75) is 26.4 Å². The molecule has 0 aliphatic rings. The van der Waals surface area contributed by atoms with Gasteiger partial charge in [0, 0.05) is 53.5 Å². The van der Waals surface area contributed by atoms with Crippen molar-refractivity contribution in [1.82, 2.24) is 29.1 Å². The molecule has 1 amide bonds.